The zero-order valence-corrected chi connectivity index (χ0v) is 16.4. The fourth-order valence-electron chi connectivity index (χ4n) is 2.75. The second-order valence-electron chi connectivity index (χ2n) is 6.55. The zero-order valence-electron chi connectivity index (χ0n) is 16.4. The summed E-state index contributed by atoms with van der Waals surface area (Å²) in [6.07, 6.45) is 1.10. The maximum atomic E-state index is 12.4. The van der Waals surface area contributed by atoms with Crippen molar-refractivity contribution < 1.29 is 19.6 Å². The number of nitrogens with one attached hydrogen (secondary N) is 2. The van der Waals surface area contributed by atoms with Crippen molar-refractivity contribution in [1.29, 1.82) is 0 Å². The maximum absolute atomic E-state index is 12.4. The molecule has 156 valence electrons. The topological polar surface area (TPSA) is 134 Å². The number of nitro groups is 1. The molecule has 9 heteroatoms. The molecule has 3 N–H and O–H groups in total. The average Bonchev–Trinajstić information content (AvgIpc) is 2.75. The number of rotatable bonds is 6. The molecule has 0 atom stereocenters. The van der Waals surface area contributed by atoms with E-state index in [1.807, 2.05) is 19.1 Å². The Morgan fingerprint density at radius 2 is 1.81 bits per heavy atom. The third-order valence-corrected chi connectivity index (χ3v) is 4.36. The maximum Gasteiger partial charge on any atom is 0.271 e. The predicted octanol–water partition coefficient (Wildman–Crippen LogP) is 3.63. The third-order valence-electron chi connectivity index (χ3n) is 4.36. The molecule has 0 unspecified atom stereocenters. The molecule has 0 spiro atoms. The summed E-state index contributed by atoms with van der Waals surface area (Å²) in [6.45, 7) is 1.83. The number of carbonyl (C=O) groups excluding carboxylic acids is 2. The number of hydrazone groups is 1. The second-order valence-corrected chi connectivity index (χ2v) is 6.55. The Morgan fingerprint density at radius 3 is 2.55 bits per heavy atom. The van der Waals surface area contributed by atoms with Crippen LogP contribution in [0.5, 0.6) is 5.75 Å². The number of non-ortho nitro benzene ring substituents is 1. The van der Waals surface area contributed by atoms with Gasteiger partial charge in [0.05, 0.1) is 11.1 Å². The van der Waals surface area contributed by atoms with Crippen LogP contribution >= 0.6 is 0 Å². The molecule has 3 aromatic carbocycles. The van der Waals surface area contributed by atoms with Gasteiger partial charge >= 0.3 is 0 Å². The summed E-state index contributed by atoms with van der Waals surface area (Å²) in [6, 6.07) is 16.9. The van der Waals surface area contributed by atoms with E-state index in [4.69, 9.17) is 0 Å². The van der Waals surface area contributed by atoms with Crippen LogP contribution in [0.25, 0.3) is 0 Å². The first-order valence-corrected chi connectivity index (χ1v) is 9.13. The summed E-state index contributed by atoms with van der Waals surface area (Å²) in [5.41, 5.74) is 4.16. The van der Waals surface area contributed by atoms with Gasteiger partial charge in [-0.25, -0.2) is 5.43 Å². The average molecular weight is 418 g/mol. The number of phenols is 1. The molecule has 0 heterocycles. The third kappa shape index (κ3) is 5.30. The van der Waals surface area contributed by atoms with Crippen molar-refractivity contribution >= 4 is 29.4 Å². The summed E-state index contributed by atoms with van der Waals surface area (Å²) < 4.78 is 0. The highest BCUT2D eigenvalue weighted by molar-refractivity contribution is 6.06. The first-order chi connectivity index (χ1) is 14.8. The monoisotopic (exact) mass is 418 g/mol. The van der Waals surface area contributed by atoms with Gasteiger partial charge in [0, 0.05) is 34.5 Å². The first kappa shape index (κ1) is 21.2. The summed E-state index contributed by atoms with van der Waals surface area (Å²) in [4.78, 5) is 35.0. The number of benzene rings is 3. The van der Waals surface area contributed by atoms with Crippen molar-refractivity contribution in [2.45, 2.75) is 6.92 Å². The zero-order chi connectivity index (χ0) is 22.4. The van der Waals surface area contributed by atoms with Crippen LogP contribution in [0.1, 0.15) is 31.8 Å². The van der Waals surface area contributed by atoms with Gasteiger partial charge < -0.3 is 10.4 Å². The van der Waals surface area contributed by atoms with Crippen LogP contribution < -0.4 is 10.7 Å². The molecule has 2 amide bonds. The fourth-order valence-corrected chi connectivity index (χ4v) is 2.75. The minimum atomic E-state index is -0.605. The normalized spacial score (nSPS) is 10.6. The molecular weight excluding hydrogens is 400 g/mol. The molecule has 0 aromatic heterocycles. The van der Waals surface area contributed by atoms with Crippen molar-refractivity contribution in [1.82, 2.24) is 5.43 Å². The lowest BCUT2D eigenvalue weighted by atomic mass is 10.1. The van der Waals surface area contributed by atoms with Crippen LogP contribution in [0, 0.1) is 17.0 Å². The van der Waals surface area contributed by atoms with E-state index < -0.39 is 10.8 Å². The number of phenolic OH excluding ortho intramolecular Hbond substituents is 1. The molecule has 3 rings (SSSR count). The number of anilines is 1. The summed E-state index contributed by atoms with van der Waals surface area (Å²) in [5, 5.41) is 27.1. The summed E-state index contributed by atoms with van der Waals surface area (Å²) in [7, 11) is 0. The van der Waals surface area contributed by atoms with Crippen molar-refractivity contribution in [3.05, 3.63) is 99.1 Å². The van der Waals surface area contributed by atoms with E-state index >= 15 is 0 Å². The van der Waals surface area contributed by atoms with Crippen LogP contribution in [-0.2, 0) is 0 Å². The summed E-state index contributed by atoms with van der Waals surface area (Å²) in [5.74, 6) is -1.08. The molecule has 0 radical (unpaired) electrons. The molecule has 0 aliphatic rings. The molecule has 31 heavy (non-hydrogen) atoms. The van der Waals surface area contributed by atoms with E-state index in [0.717, 1.165) is 23.9 Å². The number of nitrogens with zero attached hydrogens (tertiary/aromatic N) is 2. The van der Waals surface area contributed by atoms with E-state index in [9.17, 15) is 24.8 Å². The quantitative estimate of drug-likeness (QED) is 0.319. The van der Waals surface area contributed by atoms with Gasteiger partial charge in [-0.05, 0) is 42.8 Å². The lowest BCUT2D eigenvalue weighted by Crippen LogP contribution is -2.18. The van der Waals surface area contributed by atoms with Crippen LogP contribution in [0.15, 0.2) is 71.8 Å². The van der Waals surface area contributed by atoms with Gasteiger partial charge in [0.2, 0.25) is 0 Å². The second kappa shape index (κ2) is 9.31. The molecule has 0 bridgehead atoms. The Bertz CT molecular complexity index is 1190. The van der Waals surface area contributed by atoms with Gasteiger partial charge in [0.25, 0.3) is 17.5 Å². The highest BCUT2D eigenvalue weighted by Crippen LogP contribution is 2.21. The lowest BCUT2D eigenvalue weighted by molar-refractivity contribution is -0.384. The van der Waals surface area contributed by atoms with Gasteiger partial charge in [0.1, 0.15) is 5.75 Å². The number of aromatic hydroxyl groups is 1. The van der Waals surface area contributed by atoms with Gasteiger partial charge in [-0.15, -0.1) is 0 Å². The Kier molecular flexibility index (Phi) is 6.36. The largest absolute Gasteiger partial charge is 0.507 e. The van der Waals surface area contributed by atoms with Crippen molar-refractivity contribution in [3.8, 4) is 5.75 Å². The van der Waals surface area contributed by atoms with Gasteiger partial charge in [-0.2, -0.15) is 5.10 Å². The van der Waals surface area contributed by atoms with Gasteiger partial charge in [-0.3, -0.25) is 19.7 Å². The molecular formula is C22H18N4O5. The molecule has 3 aromatic rings. The molecule has 0 aliphatic heterocycles. The van der Waals surface area contributed by atoms with E-state index in [1.165, 1.54) is 12.1 Å². The number of carbonyl (C=O) groups is 2. The Balaban J connectivity index is 1.69. The Hall–Kier alpha value is -4.53. The van der Waals surface area contributed by atoms with Crippen molar-refractivity contribution in [2.75, 3.05) is 5.32 Å². The fraction of sp³-hybridized carbons (Fsp3) is 0.0455. The minimum absolute atomic E-state index is 0.0775. The van der Waals surface area contributed by atoms with Crippen LogP contribution in [0.4, 0.5) is 11.4 Å². The van der Waals surface area contributed by atoms with Crippen LogP contribution in [-0.4, -0.2) is 28.1 Å². The van der Waals surface area contributed by atoms with E-state index in [1.54, 1.807) is 30.3 Å². The molecule has 9 nitrogen and oxygen atoms in total. The first-order valence-electron chi connectivity index (χ1n) is 9.13. The highest BCUT2D eigenvalue weighted by atomic mass is 16.6. The van der Waals surface area contributed by atoms with E-state index in [-0.39, 0.29) is 28.5 Å². The summed E-state index contributed by atoms with van der Waals surface area (Å²) >= 11 is 0. The van der Waals surface area contributed by atoms with E-state index in [0.29, 0.717) is 11.3 Å². The minimum Gasteiger partial charge on any atom is -0.507 e. The van der Waals surface area contributed by atoms with Gasteiger partial charge in [0.15, 0.2) is 0 Å². The number of nitro benzene ring substituents is 1. The molecule has 0 saturated carbocycles. The van der Waals surface area contributed by atoms with E-state index in [2.05, 4.69) is 15.8 Å². The molecule has 0 saturated heterocycles. The number of hydrogen-bond acceptors (Lipinski definition) is 6. The lowest BCUT2D eigenvalue weighted by Gasteiger charge is -2.08. The van der Waals surface area contributed by atoms with Crippen molar-refractivity contribution in [3.63, 3.8) is 0 Å². The molecule has 0 fully saturated rings. The highest BCUT2D eigenvalue weighted by Gasteiger charge is 2.11. The van der Waals surface area contributed by atoms with Crippen molar-refractivity contribution in [2.24, 2.45) is 5.10 Å². The number of aryl methyl sites for hydroxylation is 1. The Morgan fingerprint density at radius 1 is 1.03 bits per heavy atom. The van der Waals surface area contributed by atoms with Gasteiger partial charge in [-0.1, -0.05) is 24.3 Å². The van der Waals surface area contributed by atoms with Crippen LogP contribution in [0.3, 0.4) is 0 Å². The SMILES string of the molecule is Cc1ccccc1C(=O)Nc1cccc(C(=O)NN=Cc2cc([N+](=O)[O-])ccc2O)c1. The number of hydrogen-bond donors (Lipinski definition) is 3. The smallest absolute Gasteiger partial charge is 0.271 e. The number of amides is 2. The van der Waals surface area contributed by atoms with Crippen LogP contribution in [0.2, 0.25) is 0 Å². The molecule has 0 aliphatic carbocycles. The Labute approximate surface area is 177 Å². The standard InChI is InChI=1S/C22H18N4O5/c1-14-5-2-3-8-19(14)22(29)24-17-7-4-6-15(11-17)21(28)25-23-13-16-12-18(26(30)31)9-10-20(16)27/h2-13,27H,1H3,(H,24,29)(H,25,28). The predicted molar refractivity (Wildman–Crippen MR) is 115 cm³/mol.